The molecule has 0 aliphatic heterocycles. The van der Waals surface area contributed by atoms with E-state index in [0.29, 0.717) is 53.3 Å². The molecule has 0 aromatic heterocycles. The number of hydrogen-bond donors (Lipinski definition) is 0. The standard InChI is InChI=1S/C51H71ClGe/c1-27(2)36-19-40(30(7)8)48(41(20-36)31(9)10)39-25-46(49-42(32(11)12)21-37(28(3)4)22-43(49)33(13)14)51(53-52)47(26-39)50-44(34(15)16)23-38(29(5)6)24-45(50)35(17)18/h19-35H,1-18H3. The predicted octanol–water partition coefficient (Wildman–Crippen LogP) is 16.3. The number of benzene rings is 4. The van der Waals surface area contributed by atoms with Crippen molar-refractivity contribution >= 4 is 28.9 Å². The van der Waals surface area contributed by atoms with Crippen molar-refractivity contribution in [1.29, 1.82) is 0 Å². The number of halogens is 1. The van der Waals surface area contributed by atoms with Gasteiger partial charge in [0, 0.05) is 0 Å². The molecule has 0 atom stereocenters. The molecule has 2 radical (unpaired) electrons. The van der Waals surface area contributed by atoms with Gasteiger partial charge >= 0.3 is 339 Å². The van der Waals surface area contributed by atoms with Gasteiger partial charge in [0.1, 0.15) is 0 Å². The van der Waals surface area contributed by atoms with Crippen LogP contribution in [-0.4, -0.2) is 14.5 Å². The van der Waals surface area contributed by atoms with Crippen molar-refractivity contribution in [2.45, 2.75) is 178 Å². The Morgan fingerprint density at radius 3 is 0.736 bits per heavy atom. The SMILES string of the molecule is CC(C)c1cc(C(C)C)c(-c2cc(-c3c(C(C)C)cc(C(C)C)cc3C(C)C)[c]([Ge][Cl])c(-c3c(C(C)C)cc(C(C)C)cc3C(C)C)c2)c(C(C)C)c1. The van der Waals surface area contributed by atoms with Crippen LogP contribution in [0.25, 0.3) is 33.4 Å². The van der Waals surface area contributed by atoms with Crippen LogP contribution in [0.3, 0.4) is 0 Å². The van der Waals surface area contributed by atoms with Crippen LogP contribution in [0, 0.1) is 0 Å². The van der Waals surface area contributed by atoms with Crippen molar-refractivity contribution in [3.8, 4) is 33.4 Å². The van der Waals surface area contributed by atoms with Gasteiger partial charge in [-0.05, 0) is 0 Å². The Balaban J connectivity index is 2.42. The summed E-state index contributed by atoms with van der Waals surface area (Å²) < 4.78 is 1.38. The third-order valence-electron chi connectivity index (χ3n) is 11.5. The van der Waals surface area contributed by atoms with E-state index in [-0.39, 0.29) is 0 Å². The van der Waals surface area contributed by atoms with E-state index in [1.807, 2.05) is 0 Å². The Kier molecular flexibility index (Phi) is 14.5. The molecule has 0 nitrogen and oxygen atoms in total. The quantitative estimate of drug-likeness (QED) is 0.118. The van der Waals surface area contributed by atoms with Crippen molar-refractivity contribution in [1.82, 2.24) is 0 Å². The van der Waals surface area contributed by atoms with Crippen LogP contribution in [0.1, 0.15) is 228 Å². The van der Waals surface area contributed by atoms with Crippen LogP contribution in [-0.2, 0) is 0 Å². The van der Waals surface area contributed by atoms with E-state index in [1.165, 1.54) is 87.8 Å². The van der Waals surface area contributed by atoms with Gasteiger partial charge in [-0.25, -0.2) is 0 Å². The summed E-state index contributed by atoms with van der Waals surface area (Å²) in [5.41, 5.74) is 21.4. The molecule has 0 amide bonds. The molecule has 0 unspecified atom stereocenters. The van der Waals surface area contributed by atoms with Gasteiger partial charge in [-0.15, -0.1) is 0 Å². The summed E-state index contributed by atoms with van der Waals surface area (Å²) in [4.78, 5) is 0. The Bertz CT molecular complexity index is 1710. The summed E-state index contributed by atoms with van der Waals surface area (Å²) in [6.45, 7) is 42.6. The summed E-state index contributed by atoms with van der Waals surface area (Å²) in [5.74, 6) is 3.68. The molecule has 0 saturated heterocycles. The van der Waals surface area contributed by atoms with Gasteiger partial charge in [0.05, 0.1) is 0 Å². The molecule has 0 saturated carbocycles. The predicted molar refractivity (Wildman–Crippen MR) is 241 cm³/mol. The number of rotatable bonds is 13. The van der Waals surface area contributed by atoms with Gasteiger partial charge in [-0.3, -0.25) is 0 Å². The van der Waals surface area contributed by atoms with Gasteiger partial charge in [0.15, 0.2) is 0 Å². The first-order chi connectivity index (χ1) is 24.7. The molecule has 53 heavy (non-hydrogen) atoms. The van der Waals surface area contributed by atoms with Crippen LogP contribution in [0.4, 0.5) is 0 Å². The third kappa shape index (κ3) is 9.07. The van der Waals surface area contributed by atoms with E-state index in [0.717, 1.165) is 0 Å². The van der Waals surface area contributed by atoms with Crippen molar-refractivity contribution in [3.05, 3.63) is 98.6 Å². The summed E-state index contributed by atoms with van der Waals surface area (Å²) in [6.07, 6.45) is 0. The van der Waals surface area contributed by atoms with Crippen LogP contribution in [0.5, 0.6) is 0 Å². The van der Waals surface area contributed by atoms with E-state index in [4.69, 9.17) is 10.0 Å². The molecule has 0 N–H and O–H groups in total. The average Bonchev–Trinajstić information content (AvgIpc) is 3.08. The molecule has 2 heteroatoms. The molecule has 0 aliphatic carbocycles. The fraction of sp³-hybridized carbons (Fsp3) is 0.529. The molecule has 0 aliphatic rings. The van der Waals surface area contributed by atoms with E-state index < -0.39 is 14.5 Å². The van der Waals surface area contributed by atoms with Crippen molar-refractivity contribution in [2.75, 3.05) is 0 Å². The minimum atomic E-state index is -0.998. The van der Waals surface area contributed by atoms with E-state index in [1.54, 1.807) is 0 Å². The Morgan fingerprint density at radius 2 is 0.547 bits per heavy atom. The molecule has 4 aromatic carbocycles. The second kappa shape index (κ2) is 17.7. The van der Waals surface area contributed by atoms with Crippen LogP contribution >= 0.6 is 10.0 Å². The van der Waals surface area contributed by atoms with Crippen LogP contribution in [0.2, 0.25) is 0 Å². The van der Waals surface area contributed by atoms with E-state index in [9.17, 15) is 0 Å². The summed E-state index contributed by atoms with van der Waals surface area (Å²) in [7, 11) is 7.47. The first-order valence-corrected chi connectivity index (χ1v) is 24.6. The third-order valence-corrected chi connectivity index (χ3v) is 14.0. The fourth-order valence-electron chi connectivity index (χ4n) is 8.11. The van der Waals surface area contributed by atoms with E-state index >= 15 is 0 Å². The maximum absolute atomic E-state index is 7.47. The molecule has 4 aromatic rings. The first-order valence-electron chi connectivity index (χ1n) is 20.8. The minimum absolute atomic E-state index is 0.377. The van der Waals surface area contributed by atoms with Gasteiger partial charge in [0.2, 0.25) is 0 Å². The normalized spacial score (nSPS) is 12.5. The monoisotopic (exact) mass is 792 g/mol. The topological polar surface area (TPSA) is 0 Å². The van der Waals surface area contributed by atoms with Crippen LogP contribution in [0.15, 0.2) is 48.5 Å². The van der Waals surface area contributed by atoms with Crippen LogP contribution < -0.4 is 4.40 Å². The van der Waals surface area contributed by atoms with Gasteiger partial charge in [-0.1, -0.05) is 0 Å². The molecule has 4 rings (SSSR count). The second-order valence-electron chi connectivity index (χ2n) is 18.7. The summed E-state index contributed by atoms with van der Waals surface area (Å²) >= 11 is -0.998. The Morgan fingerprint density at radius 1 is 0.321 bits per heavy atom. The van der Waals surface area contributed by atoms with E-state index in [2.05, 4.69) is 173 Å². The molecule has 0 heterocycles. The fourth-order valence-corrected chi connectivity index (χ4v) is 10.4. The zero-order valence-electron chi connectivity index (χ0n) is 36.7. The van der Waals surface area contributed by atoms with Crippen molar-refractivity contribution in [3.63, 3.8) is 0 Å². The second-order valence-corrected chi connectivity index (χ2v) is 21.1. The molecular weight excluding hydrogens is 721 g/mol. The molecule has 0 bridgehead atoms. The van der Waals surface area contributed by atoms with Gasteiger partial charge in [0.25, 0.3) is 0 Å². The van der Waals surface area contributed by atoms with Crippen molar-refractivity contribution < 1.29 is 0 Å². The Hall–Kier alpha value is -2.29. The first kappa shape index (κ1) is 43.4. The molecule has 0 spiro atoms. The number of hydrogen-bond acceptors (Lipinski definition) is 0. The Labute approximate surface area is 337 Å². The van der Waals surface area contributed by atoms with Gasteiger partial charge in [-0.2, -0.15) is 0 Å². The van der Waals surface area contributed by atoms with Crippen molar-refractivity contribution in [2.24, 2.45) is 0 Å². The maximum atomic E-state index is 7.47. The zero-order valence-corrected chi connectivity index (χ0v) is 39.5. The average molecular weight is 792 g/mol. The zero-order chi connectivity index (χ0) is 39.8. The van der Waals surface area contributed by atoms with Gasteiger partial charge < -0.3 is 0 Å². The molecular formula is C51H71ClGe. The summed E-state index contributed by atoms with van der Waals surface area (Å²) in [5, 5.41) is 0. The summed E-state index contributed by atoms with van der Waals surface area (Å²) in [6, 6.07) is 20.3. The molecule has 286 valence electrons. The molecule has 0 fully saturated rings.